The molecule has 18 heavy (non-hydrogen) atoms. The lowest BCUT2D eigenvalue weighted by molar-refractivity contribution is -0.146. The van der Waals surface area contributed by atoms with Gasteiger partial charge in [0.05, 0.1) is 10.4 Å². The predicted octanol–water partition coefficient (Wildman–Crippen LogP) is 2.48. The highest BCUT2D eigenvalue weighted by molar-refractivity contribution is 7.80. The topological polar surface area (TPSA) is 46.3 Å². The lowest BCUT2D eigenvalue weighted by Gasteiger charge is -2.47. The Morgan fingerprint density at radius 3 is 2.33 bits per heavy atom. The summed E-state index contributed by atoms with van der Waals surface area (Å²) in [7, 11) is 0. The van der Waals surface area contributed by atoms with Crippen molar-refractivity contribution < 1.29 is 4.79 Å². The number of rotatable bonds is 4. The molecule has 0 aromatic carbocycles. The first-order valence-electron chi connectivity index (χ1n) is 7.12. The minimum absolute atomic E-state index is 0.197. The van der Waals surface area contributed by atoms with Crippen molar-refractivity contribution in [1.82, 2.24) is 4.90 Å². The van der Waals surface area contributed by atoms with Crippen LogP contribution in [0.2, 0.25) is 0 Å². The quantitative estimate of drug-likeness (QED) is 0.797. The number of amides is 1. The Morgan fingerprint density at radius 1 is 1.39 bits per heavy atom. The molecule has 0 aliphatic heterocycles. The summed E-state index contributed by atoms with van der Waals surface area (Å²) in [5, 5.41) is 0. The first-order valence-corrected chi connectivity index (χ1v) is 7.53. The third kappa shape index (κ3) is 2.15. The molecular formula is C14H24N2OS. The van der Waals surface area contributed by atoms with E-state index < -0.39 is 5.41 Å². The Kier molecular flexibility index (Phi) is 3.95. The van der Waals surface area contributed by atoms with Crippen LogP contribution in [0.4, 0.5) is 0 Å². The first kappa shape index (κ1) is 13.8. The van der Waals surface area contributed by atoms with E-state index in [9.17, 15) is 4.79 Å². The van der Waals surface area contributed by atoms with E-state index in [2.05, 4.69) is 13.8 Å². The van der Waals surface area contributed by atoms with Gasteiger partial charge >= 0.3 is 0 Å². The molecule has 0 aromatic rings. The minimum Gasteiger partial charge on any atom is -0.392 e. The molecule has 2 N–H and O–H groups in total. The van der Waals surface area contributed by atoms with Crippen molar-refractivity contribution in [1.29, 1.82) is 0 Å². The van der Waals surface area contributed by atoms with Crippen molar-refractivity contribution in [2.24, 2.45) is 17.1 Å². The maximum Gasteiger partial charge on any atom is 0.235 e. The minimum atomic E-state index is -0.520. The fraction of sp³-hybridized carbons (Fsp3) is 0.857. The normalized spacial score (nSPS) is 32.0. The predicted molar refractivity (Wildman–Crippen MR) is 77.3 cm³/mol. The summed E-state index contributed by atoms with van der Waals surface area (Å²) < 4.78 is 0. The van der Waals surface area contributed by atoms with Crippen molar-refractivity contribution in [2.75, 3.05) is 6.54 Å². The second-order valence-corrected chi connectivity index (χ2v) is 6.43. The monoisotopic (exact) mass is 268 g/mol. The number of nitrogens with two attached hydrogens (primary N) is 1. The zero-order valence-corrected chi connectivity index (χ0v) is 12.3. The van der Waals surface area contributed by atoms with E-state index in [1.54, 1.807) is 0 Å². The maximum atomic E-state index is 12.8. The van der Waals surface area contributed by atoms with E-state index in [0.717, 1.165) is 32.2 Å². The van der Waals surface area contributed by atoms with Crippen molar-refractivity contribution in [3.8, 4) is 0 Å². The largest absolute Gasteiger partial charge is 0.392 e. The van der Waals surface area contributed by atoms with Crippen LogP contribution in [0.1, 0.15) is 52.4 Å². The Balaban J connectivity index is 2.14. The molecule has 0 bridgehead atoms. The summed E-state index contributed by atoms with van der Waals surface area (Å²) >= 11 is 5.18. The zero-order chi connectivity index (χ0) is 13.3. The van der Waals surface area contributed by atoms with Gasteiger partial charge in [0.1, 0.15) is 0 Å². The highest BCUT2D eigenvalue weighted by atomic mass is 32.1. The highest BCUT2D eigenvalue weighted by Crippen LogP contribution is 2.47. The fourth-order valence-electron chi connectivity index (χ4n) is 3.67. The van der Waals surface area contributed by atoms with Crippen LogP contribution in [0.25, 0.3) is 0 Å². The second-order valence-electron chi connectivity index (χ2n) is 5.99. The molecule has 102 valence electrons. The van der Waals surface area contributed by atoms with E-state index in [4.69, 9.17) is 18.0 Å². The number of carbonyl (C=O) groups excluding carboxylic acids is 1. The number of nitrogens with zero attached hydrogens (tertiary/aromatic N) is 1. The Bertz CT molecular complexity index is 344. The van der Waals surface area contributed by atoms with Crippen molar-refractivity contribution in [2.45, 2.75) is 58.4 Å². The number of carbonyl (C=O) groups is 1. The van der Waals surface area contributed by atoms with Gasteiger partial charge in [0, 0.05) is 12.6 Å². The smallest absolute Gasteiger partial charge is 0.235 e. The van der Waals surface area contributed by atoms with Gasteiger partial charge in [-0.1, -0.05) is 32.0 Å². The van der Waals surface area contributed by atoms with Crippen LogP contribution in [0.15, 0.2) is 0 Å². The van der Waals surface area contributed by atoms with Gasteiger partial charge in [-0.2, -0.15) is 0 Å². The van der Waals surface area contributed by atoms with Crippen LogP contribution in [0.5, 0.6) is 0 Å². The SMILES string of the molecule is CCN(C(=O)C1(C(N)=S)CC(C)C1)C1CCCC1. The molecule has 2 fully saturated rings. The van der Waals surface area contributed by atoms with Gasteiger partial charge in [0.2, 0.25) is 5.91 Å². The fourth-order valence-corrected chi connectivity index (χ4v) is 3.92. The first-order chi connectivity index (χ1) is 8.51. The second kappa shape index (κ2) is 5.16. The lowest BCUT2D eigenvalue weighted by Crippen LogP contribution is -2.58. The molecule has 1 amide bonds. The van der Waals surface area contributed by atoms with Gasteiger partial charge in [0.15, 0.2) is 0 Å². The Hall–Kier alpha value is -0.640. The van der Waals surface area contributed by atoms with Gasteiger partial charge in [0.25, 0.3) is 0 Å². The van der Waals surface area contributed by atoms with Crippen LogP contribution in [-0.4, -0.2) is 28.4 Å². The molecule has 4 heteroatoms. The van der Waals surface area contributed by atoms with Crippen LogP contribution < -0.4 is 5.73 Å². The summed E-state index contributed by atoms with van der Waals surface area (Å²) in [5.74, 6) is 0.764. The molecule has 0 atom stereocenters. The summed E-state index contributed by atoms with van der Waals surface area (Å²) in [6.07, 6.45) is 6.44. The molecule has 0 heterocycles. The van der Waals surface area contributed by atoms with Crippen LogP contribution >= 0.6 is 12.2 Å². The van der Waals surface area contributed by atoms with Gasteiger partial charge in [-0.3, -0.25) is 4.79 Å². The molecule has 0 radical (unpaired) electrons. The van der Waals surface area contributed by atoms with Crippen molar-refractivity contribution in [3.63, 3.8) is 0 Å². The third-order valence-electron chi connectivity index (χ3n) is 4.64. The number of hydrogen-bond donors (Lipinski definition) is 1. The summed E-state index contributed by atoms with van der Waals surface area (Å²) in [5.41, 5.74) is 5.35. The summed E-state index contributed by atoms with van der Waals surface area (Å²) in [6.45, 7) is 5.00. The molecule has 2 saturated carbocycles. The van der Waals surface area contributed by atoms with Gasteiger partial charge in [-0.25, -0.2) is 0 Å². The standard InChI is InChI=1S/C14H24N2OS/c1-3-16(11-6-4-5-7-11)13(17)14(12(15)18)8-10(2)9-14/h10-11H,3-9H2,1-2H3,(H2,15,18). The maximum absolute atomic E-state index is 12.8. The Morgan fingerprint density at radius 2 is 1.94 bits per heavy atom. The molecule has 2 aliphatic carbocycles. The van der Waals surface area contributed by atoms with Crippen LogP contribution in [0, 0.1) is 11.3 Å². The van der Waals surface area contributed by atoms with Gasteiger partial charge in [-0.05, 0) is 38.5 Å². The van der Waals surface area contributed by atoms with E-state index >= 15 is 0 Å². The molecule has 0 spiro atoms. The zero-order valence-electron chi connectivity index (χ0n) is 11.4. The van der Waals surface area contributed by atoms with Crippen LogP contribution in [0.3, 0.4) is 0 Å². The lowest BCUT2D eigenvalue weighted by atomic mass is 9.61. The van der Waals surface area contributed by atoms with Crippen LogP contribution in [-0.2, 0) is 4.79 Å². The van der Waals surface area contributed by atoms with Gasteiger partial charge in [-0.15, -0.1) is 0 Å². The number of thiocarbonyl (C=S) groups is 1. The van der Waals surface area contributed by atoms with E-state index in [1.807, 2.05) is 4.90 Å². The molecule has 3 nitrogen and oxygen atoms in total. The van der Waals surface area contributed by atoms with E-state index in [1.165, 1.54) is 12.8 Å². The third-order valence-corrected chi connectivity index (χ3v) is 5.03. The van der Waals surface area contributed by atoms with Crippen molar-refractivity contribution in [3.05, 3.63) is 0 Å². The average Bonchev–Trinajstić information content (AvgIpc) is 2.78. The van der Waals surface area contributed by atoms with Crippen molar-refractivity contribution >= 4 is 23.1 Å². The summed E-state index contributed by atoms with van der Waals surface area (Å²) in [4.78, 5) is 15.3. The molecule has 0 unspecified atom stereocenters. The highest BCUT2D eigenvalue weighted by Gasteiger charge is 2.53. The molecule has 0 saturated heterocycles. The van der Waals surface area contributed by atoms with E-state index in [-0.39, 0.29) is 5.91 Å². The summed E-state index contributed by atoms with van der Waals surface area (Å²) in [6, 6.07) is 0.421. The average molecular weight is 268 g/mol. The Labute approximate surface area is 115 Å². The van der Waals surface area contributed by atoms with E-state index in [0.29, 0.717) is 16.9 Å². The van der Waals surface area contributed by atoms with Gasteiger partial charge < -0.3 is 10.6 Å². The molecule has 2 rings (SSSR count). The molecule has 0 aromatic heterocycles. The molecule has 2 aliphatic rings. The molecular weight excluding hydrogens is 244 g/mol. The number of hydrogen-bond acceptors (Lipinski definition) is 2.